The zero-order valence-electron chi connectivity index (χ0n) is 12.8. The molecule has 24 heavy (non-hydrogen) atoms. The highest BCUT2D eigenvalue weighted by Crippen LogP contribution is 2.38. The van der Waals surface area contributed by atoms with Crippen molar-refractivity contribution in [2.45, 2.75) is 18.7 Å². The van der Waals surface area contributed by atoms with Gasteiger partial charge >= 0.3 is 6.18 Å². The number of benzene rings is 1. The summed E-state index contributed by atoms with van der Waals surface area (Å²) in [6.07, 6.45) is -3.72. The first-order valence-corrected chi connectivity index (χ1v) is 8.38. The monoisotopic (exact) mass is 397 g/mol. The van der Waals surface area contributed by atoms with Crippen LogP contribution in [0.15, 0.2) is 29.6 Å². The van der Waals surface area contributed by atoms with Gasteiger partial charge < -0.3 is 9.64 Å². The largest absolute Gasteiger partial charge is 0.484 e. The van der Waals surface area contributed by atoms with Crippen LogP contribution in [-0.2, 0) is 12.6 Å². The van der Waals surface area contributed by atoms with E-state index in [2.05, 4.69) is 4.90 Å². The fourth-order valence-electron chi connectivity index (χ4n) is 2.67. The molecule has 0 amide bonds. The molecule has 1 aromatic carbocycles. The zero-order valence-corrected chi connectivity index (χ0v) is 15.2. The third kappa shape index (κ3) is 4.17. The van der Waals surface area contributed by atoms with Crippen LogP contribution in [0.2, 0.25) is 5.02 Å². The van der Waals surface area contributed by atoms with Crippen molar-refractivity contribution in [2.24, 2.45) is 0 Å². The minimum Gasteiger partial charge on any atom is -0.484 e. The average molecular weight is 398 g/mol. The van der Waals surface area contributed by atoms with E-state index in [1.807, 2.05) is 18.5 Å². The lowest BCUT2D eigenvalue weighted by Crippen LogP contribution is -2.26. The van der Waals surface area contributed by atoms with Gasteiger partial charge in [-0.2, -0.15) is 13.2 Å². The Balaban J connectivity index is 0.00000208. The van der Waals surface area contributed by atoms with Crippen molar-refractivity contribution in [3.8, 4) is 5.75 Å². The molecule has 0 radical (unpaired) electrons. The second-order valence-electron chi connectivity index (χ2n) is 5.56. The maximum Gasteiger partial charge on any atom is 0.417 e. The molecule has 0 aliphatic carbocycles. The number of hydrogen-bond donors (Lipinski definition) is 0. The summed E-state index contributed by atoms with van der Waals surface area (Å²) in [6, 6.07) is 5.55. The molecule has 3 rings (SSSR count). The average Bonchev–Trinajstić information content (AvgIpc) is 2.86. The molecule has 0 spiro atoms. The summed E-state index contributed by atoms with van der Waals surface area (Å²) in [7, 11) is 2.01. The minimum atomic E-state index is -4.46. The van der Waals surface area contributed by atoms with Gasteiger partial charge in [-0.15, -0.1) is 23.7 Å². The van der Waals surface area contributed by atoms with E-state index in [1.54, 1.807) is 11.3 Å². The Morgan fingerprint density at radius 3 is 2.71 bits per heavy atom. The van der Waals surface area contributed by atoms with Crippen molar-refractivity contribution in [1.29, 1.82) is 0 Å². The standard InChI is InChI=1S/C16H15ClF3NOS.ClH/c1-21-6-4-15-11(5-7-23-15)14(9-21)22-10-2-3-12(13(17)8-10)16(18,19)20;/h2-3,5,7-8,14H,4,6,9H2,1H3;1H. The van der Waals surface area contributed by atoms with Crippen LogP contribution >= 0.6 is 35.3 Å². The molecular weight excluding hydrogens is 382 g/mol. The predicted molar refractivity (Wildman–Crippen MR) is 92.6 cm³/mol. The van der Waals surface area contributed by atoms with Gasteiger partial charge in [-0.3, -0.25) is 0 Å². The topological polar surface area (TPSA) is 12.5 Å². The SMILES string of the molecule is CN1CCc2sccc2C(Oc2ccc(C(F)(F)F)c(Cl)c2)C1.Cl. The van der Waals surface area contributed by atoms with Crippen molar-refractivity contribution in [3.05, 3.63) is 50.7 Å². The number of halogens is 5. The summed E-state index contributed by atoms with van der Waals surface area (Å²) in [6.45, 7) is 1.61. The van der Waals surface area contributed by atoms with E-state index in [-0.39, 0.29) is 23.5 Å². The van der Waals surface area contributed by atoms with Crippen LogP contribution in [-0.4, -0.2) is 25.0 Å². The lowest BCUT2D eigenvalue weighted by atomic mass is 10.1. The van der Waals surface area contributed by atoms with E-state index in [1.165, 1.54) is 17.0 Å². The molecule has 0 fully saturated rings. The van der Waals surface area contributed by atoms with Gasteiger partial charge in [-0.05, 0) is 43.1 Å². The Hall–Kier alpha value is -0.950. The molecular formula is C16H16Cl2F3NOS. The molecule has 1 atom stereocenters. The molecule has 2 aromatic rings. The Kier molecular flexibility index (Phi) is 6.07. The first-order chi connectivity index (χ1) is 10.8. The van der Waals surface area contributed by atoms with E-state index >= 15 is 0 Å². The zero-order chi connectivity index (χ0) is 16.6. The van der Waals surface area contributed by atoms with Crippen LogP contribution < -0.4 is 4.74 Å². The first kappa shape index (κ1) is 19.4. The third-order valence-electron chi connectivity index (χ3n) is 3.85. The summed E-state index contributed by atoms with van der Waals surface area (Å²) in [5.41, 5.74) is 0.260. The number of fused-ring (bicyclic) bond motifs is 1. The number of likely N-dealkylation sites (N-methyl/N-ethyl adjacent to an activating group) is 1. The lowest BCUT2D eigenvalue weighted by Gasteiger charge is -2.22. The summed E-state index contributed by atoms with van der Waals surface area (Å²) in [4.78, 5) is 3.42. The third-order valence-corrected chi connectivity index (χ3v) is 5.16. The van der Waals surface area contributed by atoms with E-state index in [9.17, 15) is 13.2 Å². The van der Waals surface area contributed by atoms with Crippen LogP contribution in [0.5, 0.6) is 5.75 Å². The molecule has 0 saturated heterocycles. The van der Waals surface area contributed by atoms with Gasteiger partial charge in [0.25, 0.3) is 0 Å². The van der Waals surface area contributed by atoms with Crippen molar-refractivity contribution in [3.63, 3.8) is 0 Å². The maximum atomic E-state index is 12.8. The smallest absolute Gasteiger partial charge is 0.417 e. The van der Waals surface area contributed by atoms with E-state index < -0.39 is 11.7 Å². The summed E-state index contributed by atoms with van der Waals surface area (Å²) < 4.78 is 44.3. The summed E-state index contributed by atoms with van der Waals surface area (Å²) in [5, 5.41) is 1.68. The second-order valence-corrected chi connectivity index (χ2v) is 6.97. The van der Waals surface area contributed by atoms with Gasteiger partial charge in [0.2, 0.25) is 0 Å². The highest BCUT2D eigenvalue weighted by atomic mass is 35.5. The van der Waals surface area contributed by atoms with Gasteiger partial charge in [0.15, 0.2) is 0 Å². The maximum absolute atomic E-state index is 12.8. The Labute approximate surface area is 153 Å². The van der Waals surface area contributed by atoms with Crippen LogP contribution in [0.25, 0.3) is 0 Å². The molecule has 132 valence electrons. The number of nitrogens with zero attached hydrogens (tertiary/aromatic N) is 1. The van der Waals surface area contributed by atoms with Crippen molar-refractivity contribution in [2.75, 3.05) is 20.1 Å². The molecule has 1 aliphatic heterocycles. The Bertz CT molecular complexity index is 705. The molecule has 1 aromatic heterocycles. The number of rotatable bonds is 2. The highest BCUT2D eigenvalue weighted by Gasteiger charge is 2.33. The number of thiophene rings is 1. The lowest BCUT2D eigenvalue weighted by molar-refractivity contribution is -0.137. The fraction of sp³-hybridized carbons (Fsp3) is 0.375. The predicted octanol–water partition coefficient (Wildman–Crippen LogP) is 5.45. The number of ether oxygens (including phenoxy) is 1. The molecule has 8 heteroatoms. The van der Waals surface area contributed by atoms with E-state index in [0.29, 0.717) is 12.3 Å². The molecule has 2 nitrogen and oxygen atoms in total. The van der Waals surface area contributed by atoms with Crippen LogP contribution in [0.1, 0.15) is 22.1 Å². The molecule has 2 heterocycles. The van der Waals surface area contributed by atoms with Crippen LogP contribution in [0.3, 0.4) is 0 Å². The molecule has 0 saturated carbocycles. The van der Waals surface area contributed by atoms with Gasteiger partial charge in [0.1, 0.15) is 11.9 Å². The van der Waals surface area contributed by atoms with Crippen LogP contribution in [0.4, 0.5) is 13.2 Å². The summed E-state index contributed by atoms with van der Waals surface area (Å²) in [5.74, 6) is 0.348. The minimum absolute atomic E-state index is 0. The van der Waals surface area contributed by atoms with Gasteiger partial charge in [0.05, 0.1) is 10.6 Å². The first-order valence-electron chi connectivity index (χ1n) is 7.13. The number of alkyl halides is 3. The molecule has 0 N–H and O–H groups in total. The van der Waals surface area contributed by atoms with Crippen LogP contribution in [0, 0.1) is 0 Å². The van der Waals surface area contributed by atoms with Gasteiger partial charge in [0, 0.05) is 23.5 Å². The van der Waals surface area contributed by atoms with Crippen molar-refractivity contribution < 1.29 is 17.9 Å². The number of hydrogen-bond acceptors (Lipinski definition) is 3. The molecule has 0 bridgehead atoms. The van der Waals surface area contributed by atoms with Crippen molar-refractivity contribution >= 4 is 35.3 Å². The van der Waals surface area contributed by atoms with Crippen molar-refractivity contribution in [1.82, 2.24) is 4.90 Å². The van der Waals surface area contributed by atoms with Gasteiger partial charge in [-0.1, -0.05) is 11.6 Å². The summed E-state index contributed by atoms with van der Waals surface area (Å²) >= 11 is 7.45. The van der Waals surface area contributed by atoms with E-state index in [0.717, 1.165) is 24.6 Å². The normalized spacial score (nSPS) is 18.5. The fourth-order valence-corrected chi connectivity index (χ4v) is 3.87. The molecule has 1 unspecified atom stereocenters. The quantitative estimate of drug-likeness (QED) is 0.667. The van der Waals surface area contributed by atoms with E-state index in [4.69, 9.17) is 16.3 Å². The highest BCUT2D eigenvalue weighted by molar-refractivity contribution is 7.10. The van der Waals surface area contributed by atoms with Gasteiger partial charge in [-0.25, -0.2) is 0 Å². The second kappa shape index (κ2) is 7.52. The Morgan fingerprint density at radius 2 is 2.04 bits per heavy atom. The molecule has 1 aliphatic rings. The Morgan fingerprint density at radius 1 is 1.29 bits per heavy atom.